The molecule has 0 saturated carbocycles. The number of carbonyl (C=O) groups excluding carboxylic acids is 3. The van der Waals surface area contributed by atoms with Gasteiger partial charge >= 0.3 is 0 Å². The van der Waals surface area contributed by atoms with Gasteiger partial charge in [0.25, 0.3) is 5.91 Å². The molecule has 0 spiro atoms. The number of likely N-dealkylation sites (N-methyl/N-ethyl adjacent to an activating group) is 1. The first-order valence-electron chi connectivity index (χ1n) is 16.3. The number of nitrogens with zero attached hydrogens (tertiary/aromatic N) is 3. The molecule has 6 rings (SSSR count). The summed E-state index contributed by atoms with van der Waals surface area (Å²) in [6, 6.07) is 5.01. The van der Waals surface area contributed by atoms with E-state index in [1.54, 1.807) is 19.0 Å². The summed E-state index contributed by atoms with van der Waals surface area (Å²) >= 11 is 0. The number of hydrogen-bond acceptors (Lipinski definition) is 10. The highest BCUT2D eigenvalue weighted by atomic mass is 16.3. The van der Waals surface area contributed by atoms with Crippen LogP contribution < -0.4 is 10.6 Å². The third-order valence-corrected chi connectivity index (χ3v) is 10.4. The molecule has 0 unspecified atom stereocenters. The molecule has 4 atom stereocenters. The van der Waals surface area contributed by atoms with Crippen LogP contribution in [0.15, 0.2) is 40.9 Å². The molecule has 6 N–H and O–H groups in total. The molecule has 2 aromatic carbocycles. The number of hydrogen-bond donors (Lipinski definition) is 5. The fourth-order valence-corrected chi connectivity index (χ4v) is 8.28. The largest absolute Gasteiger partial charge is 0.510 e. The lowest BCUT2D eigenvalue weighted by atomic mass is 9.58. The van der Waals surface area contributed by atoms with Gasteiger partial charge in [-0.05, 0) is 82.4 Å². The van der Waals surface area contributed by atoms with E-state index < -0.39 is 58.0 Å². The topological polar surface area (TPSA) is 168 Å². The summed E-state index contributed by atoms with van der Waals surface area (Å²) in [6.07, 6.45) is 3.19. The average molecular weight is 633 g/mol. The zero-order valence-electron chi connectivity index (χ0n) is 27.0. The molecule has 11 heteroatoms. The number of phenolic OH excluding ortho intramolecular Hbond substituents is 1. The number of phenols is 1. The van der Waals surface area contributed by atoms with Gasteiger partial charge in [0, 0.05) is 47.6 Å². The Morgan fingerprint density at radius 3 is 2.30 bits per heavy atom. The summed E-state index contributed by atoms with van der Waals surface area (Å²) in [5, 5.41) is 48.1. The van der Waals surface area contributed by atoms with Crippen molar-refractivity contribution in [3.8, 4) is 5.75 Å². The van der Waals surface area contributed by atoms with Crippen LogP contribution in [0.5, 0.6) is 5.75 Å². The number of ketones is 2. The monoisotopic (exact) mass is 632 g/mol. The Morgan fingerprint density at radius 2 is 1.74 bits per heavy atom. The molecule has 246 valence electrons. The maximum atomic E-state index is 14.6. The maximum absolute atomic E-state index is 14.6. The molecule has 0 bridgehead atoms. The first-order valence-corrected chi connectivity index (χ1v) is 16.3. The Hall–Kier alpha value is -3.93. The number of Topliss-reactive ketones (excluding diaryl/α,β-unsaturated/α-hetero) is 2. The highest BCUT2D eigenvalue weighted by Crippen LogP contribution is 2.54. The maximum Gasteiger partial charge on any atom is 0.255 e. The van der Waals surface area contributed by atoms with Gasteiger partial charge in [0.15, 0.2) is 11.4 Å². The molecule has 0 aromatic heterocycles. The van der Waals surface area contributed by atoms with Crippen molar-refractivity contribution in [2.75, 3.05) is 45.2 Å². The first-order chi connectivity index (χ1) is 21.9. The van der Waals surface area contributed by atoms with Gasteiger partial charge in [-0.25, -0.2) is 0 Å². The number of primary amides is 1. The molecule has 4 aliphatic rings. The number of likely N-dealkylation sites (tertiary alicyclic amines) is 1. The Kier molecular flexibility index (Phi) is 8.15. The average Bonchev–Trinajstić information content (AvgIpc) is 2.97. The Balaban J connectivity index is 1.58. The Labute approximate surface area is 268 Å². The van der Waals surface area contributed by atoms with Crippen LogP contribution in [-0.4, -0.2) is 99.6 Å². The van der Waals surface area contributed by atoms with Gasteiger partial charge in [0.2, 0.25) is 5.78 Å². The zero-order valence-corrected chi connectivity index (χ0v) is 27.0. The van der Waals surface area contributed by atoms with Gasteiger partial charge in [-0.3, -0.25) is 24.2 Å². The first kappa shape index (κ1) is 32.0. The van der Waals surface area contributed by atoms with E-state index in [0.717, 1.165) is 68.6 Å². The minimum Gasteiger partial charge on any atom is -0.510 e. The van der Waals surface area contributed by atoms with Crippen molar-refractivity contribution in [3.63, 3.8) is 0 Å². The zero-order chi connectivity index (χ0) is 33.2. The number of aliphatic hydroxyl groups excluding tert-OH is 2. The van der Waals surface area contributed by atoms with E-state index in [2.05, 4.69) is 29.7 Å². The summed E-state index contributed by atoms with van der Waals surface area (Å²) in [5.74, 6) is -6.45. The number of fused-ring (bicyclic) bond motifs is 4. The van der Waals surface area contributed by atoms with Crippen molar-refractivity contribution >= 4 is 33.9 Å². The number of carbonyl (C=O) groups is 3. The number of benzene rings is 2. The van der Waals surface area contributed by atoms with Crippen LogP contribution in [0.25, 0.3) is 10.8 Å². The summed E-state index contributed by atoms with van der Waals surface area (Å²) in [5.41, 5.74) is 4.46. The predicted molar refractivity (Wildman–Crippen MR) is 174 cm³/mol. The van der Waals surface area contributed by atoms with Crippen LogP contribution in [0, 0.1) is 11.8 Å². The number of amides is 1. The summed E-state index contributed by atoms with van der Waals surface area (Å²) in [4.78, 5) is 46.7. The van der Waals surface area contributed by atoms with Crippen molar-refractivity contribution in [1.29, 1.82) is 0 Å². The third kappa shape index (κ3) is 4.62. The minimum atomic E-state index is -2.67. The molecule has 1 saturated heterocycles. The van der Waals surface area contributed by atoms with Crippen LogP contribution in [0.2, 0.25) is 0 Å². The normalized spacial score (nSPS) is 26.3. The lowest BCUT2D eigenvalue weighted by molar-refractivity contribution is -0.148. The highest BCUT2D eigenvalue weighted by molar-refractivity contribution is 6.25. The molecular weight excluding hydrogens is 588 g/mol. The Bertz CT molecular complexity index is 1700. The van der Waals surface area contributed by atoms with Crippen molar-refractivity contribution in [2.45, 2.75) is 64.1 Å². The van der Waals surface area contributed by atoms with Crippen LogP contribution in [0.4, 0.5) is 5.69 Å². The summed E-state index contributed by atoms with van der Waals surface area (Å²) in [6.45, 7) is 8.40. The van der Waals surface area contributed by atoms with Gasteiger partial charge < -0.3 is 31.1 Å². The van der Waals surface area contributed by atoms with Gasteiger partial charge in [0.1, 0.15) is 22.8 Å². The SMILES string of the molecule is CCCN(CCC)c1c2c(c(O)c3cc(CN4CCC4)ccc13)C(=O)C1=C(O)[C@]3(O)C(=O)C(C(N)=O)=C(O)[C@@H](N(C)C)[C@@H]3C[C@@H]1C2. The fourth-order valence-electron chi connectivity index (χ4n) is 8.28. The number of nitrogens with two attached hydrogens (primary N) is 1. The fraction of sp³-hybridized carbons (Fsp3) is 0.514. The van der Waals surface area contributed by atoms with E-state index in [0.29, 0.717) is 10.9 Å². The Morgan fingerprint density at radius 1 is 1.07 bits per heavy atom. The van der Waals surface area contributed by atoms with Crippen molar-refractivity contribution < 1.29 is 34.8 Å². The second-order valence-electron chi connectivity index (χ2n) is 13.5. The second kappa shape index (κ2) is 11.7. The smallest absolute Gasteiger partial charge is 0.255 e. The molecular formula is C35H44N4O7. The molecule has 1 heterocycles. The van der Waals surface area contributed by atoms with E-state index in [1.165, 1.54) is 0 Å². The lowest BCUT2D eigenvalue weighted by Gasteiger charge is -2.50. The number of rotatable bonds is 9. The van der Waals surface area contributed by atoms with Crippen LogP contribution >= 0.6 is 0 Å². The quantitative estimate of drug-likeness (QED) is 0.259. The third-order valence-electron chi connectivity index (χ3n) is 10.4. The van der Waals surface area contributed by atoms with E-state index >= 15 is 0 Å². The van der Waals surface area contributed by atoms with Gasteiger partial charge in [-0.2, -0.15) is 0 Å². The second-order valence-corrected chi connectivity index (χ2v) is 13.5. The van der Waals surface area contributed by atoms with E-state index in [9.17, 15) is 34.8 Å². The summed E-state index contributed by atoms with van der Waals surface area (Å²) < 4.78 is 0. The summed E-state index contributed by atoms with van der Waals surface area (Å²) in [7, 11) is 3.25. The number of aliphatic hydroxyl groups is 3. The van der Waals surface area contributed by atoms with Crippen molar-refractivity contribution in [3.05, 3.63) is 57.6 Å². The van der Waals surface area contributed by atoms with Crippen LogP contribution in [0.1, 0.15) is 61.0 Å². The van der Waals surface area contributed by atoms with Gasteiger partial charge in [-0.15, -0.1) is 0 Å². The molecule has 1 aliphatic heterocycles. The number of allylic oxidation sites excluding steroid dienone is 1. The van der Waals surface area contributed by atoms with Crippen molar-refractivity contribution in [2.24, 2.45) is 17.6 Å². The lowest BCUT2D eigenvalue weighted by Crippen LogP contribution is -2.63. The van der Waals surface area contributed by atoms with Gasteiger partial charge in [0.05, 0.1) is 11.6 Å². The van der Waals surface area contributed by atoms with Gasteiger partial charge in [-0.1, -0.05) is 26.0 Å². The molecule has 1 amide bonds. The molecule has 46 heavy (non-hydrogen) atoms. The van der Waals surface area contributed by atoms with E-state index in [1.807, 2.05) is 12.1 Å². The molecule has 11 nitrogen and oxygen atoms in total. The molecule has 1 fully saturated rings. The van der Waals surface area contributed by atoms with Crippen LogP contribution in [0.3, 0.4) is 0 Å². The highest BCUT2D eigenvalue weighted by Gasteiger charge is 2.63. The predicted octanol–water partition coefficient (Wildman–Crippen LogP) is 3.11. The van der Waals surface area contributed by atoms with Crippen LogP contribution in [-0.2, 0) is 22.6 Å². The van der Waals surface area contributed by atoms with Crippen molar-refractivity contribution in [1.82, 2.24) is 9.80 Å². The number of anilines is 1. The standard InChI is InChI=1S/C35H44N4O7/c1-5-10-39(11-6-2)27-20-9-8-18(17-38-12-7-13-38)14-21(20)29(40)25-22(27)15-19-16-23-28(37(3)4)31(42)26(34(36)45)33(44)35(23,46)32(43)24(19)30(25)41/h8-9,14,19,23,28,40,42-43,46H,5-7,10-13,15-17H2,1-4H3,(H2,36,45)/t19-,23-,28-,35-/m0/s1. The molecule has 0 radical (unpaired) electrons. The molecule has 2 aromatic rings. The van der Waals surface area contributed by atoms with E-state index in [-0.39, 0.29) is 29.7 Å². The minimum absolute atomic E-state index is 0.0559. The molecule has 3 aliphatic carbocycles. The number of aromatic hydroxyl groups is 1. The van der Waals surface area contributed by atoms with E-state index in [4.69, 9.17) is 5.73 Å².